The first kappa shape index (κ1) is 15.0. The molecule has 23 heavy (non-hydrogen) atoms. The van der Waals surface area contributed by atoms with Crippen LogP contribution in [0.5, 0.6) is 0 Å². The van der Waals surface area contributed by atoms with Crippen molar-refractivity contribution >= 4 is 5.91 Å². The lowest BCUT2D eigenvalue weighted by atomic mass is 9.93. The molecule has 1 aliphatic carbocycles. The van der Waals surface area contributed by atoms with Crippen LogP contribution in [0.1, 0.15) is 40.9 Å². The number of benzene rings is 1. The number of rotatable bonds is 2. The molecular formula is C18H15FN2O2. The van der Waals surface area contributed by atoms with Crippen molar-refractivity contribution in [1.82, 2.24) is 5.32 Å². The number of hydrogen-bond acceptors (Lipinski definition) is 2. The highest BCUT2D eigenvalue weighted by molar-refractivity contribution is 5.91. The Bertz CT molecular complexity index is 804. The molecule has 0 saturated heterocycles. The van der Waals surface area contributed by atoms with Crippen LogP contribution in [-0.2, 0) is 0 Å². The summed E-state index contributed by atoms with van der Waals surface area (Å²) in [5, 5.41) is 14.8. The summed E-state index contributed by atoms with van der Waals surface area (Å²) in [6, 6.07) is 9.15. The number of nitrogens with zero attached hydrogens (tertiary/aromatic N) is 1. The Kier molecular flexibility index (Phi) is 4.24. The minimum atomic E-state index is -0.366. The fourth-order valence-corrected chi connectivity index (χ4v) is 2.25. The maximum Gasteiger partial charge on any atom is 0.317 e. The second-order valence-corrected chi connectivity index (χ2v) is 5.49. The van der Waals surface area contributed by atoms with Crippen molar-refractivity contribution < 1.29 is 13.9 Å². The van der Waals surface area contributed by atoms with Gasteiger partial charge in [0, 0.05) is 17.7 Å². The monoisotopic (exact) mass is 310 g/mol. The quantitative estimate of drug-likeness (QED) is 0.525. The van der Waals surface area contributed by atoms with Crippen LogP contribution in [-0.4, -0.2) is 11.9 Å². The third-order valence-corrected chi connectivity index (χ3v) is 3.76. The van der Waals surface area contributed by atoms with Crippen molar-refractivity contribution in [3.8, 4) is 11.8 Å². The minimum Gasteiger partial charge on any atom is -0.618 e. The molecule has 1 heterocycles. The summed E-state index contributed by atoms with van der Waals surface area (Å²) in [4.78, 5) is 12.0. The van der Waals surface area contributed by atoms with E-state index in [1.54, 1.807) is 18.2 Å². The smallest absolute Gasteiger partial charge is 0.317 e. The molecule has 0 unspecified atom stereocenters. The van der Waals surface area contributed by atoms with Gasteiger partial charge in [0.2, 0.25) is 0 Å². The van der Waals surface area contributed by atoms with Gasteiger partial charge in [0.15, 0.2) is 6.20 Å². The Morgan fingerprint density at radius 3 is 2.65 bits per heavy atom. The summed E-state index contributed by atoms with van der Waals surface area (Å²) >= 11 is 0. The van der Waals surface area contributed by atoms with Crippen molar-refractivity contribution in [2.75, 3.05) is 0 Å². The summed E-state index contributed by atoms with van der Waals surface area (Å²) in [5.74, 6) is 4.85. The van der Waals surface area contributed by atoms with Gasteiger partial charge in [-0.2, -0.15) is 4.73 Å². The fraction of sp³-hybridized carbons (Fsp3) is 0.222. The van der Waals surface area contributed by atoms with Crippen molar-refractivity contribution in [2.24, 2.45) is 0 Å². The first-order chi connectivity index (χ1) is 11.1. The lowest BCUT2D eigenvalue weighted by Crippen LogP contribution is -2.45. The molecule has 1 aliphatic rings. The summed E-state index contributed by atoms with van der Waals surface area (Å²) in [5.41, 5.74) is 1.03. The van der Waals surface area contributed by atoms with E-state index in [0.29, 0.717) is 15.9 Å². The van der Waals surface area contributed by atoms with Gasteiger partial charge >= 0.3 is 5.91 Å². The lowest BCUT2D eigenvalue weighted by Gasteiger charge is -2.25. The van der Waals surface area contributed by atoms with Gasteiger partial charge in [0.25, 0.3) is 5.69 Å². The van der Waals surface area contributed by atoms with Gasteiger partial charge in [-0.25, -0.2) is 4.39 Å². The van der Waals surface area contributed by atoms with E-state index in [0.717, 1.165) is 19.3 Å². The highest BCUT2D eigenvalue weighted by atomic mass is 19.1. The number of carbonyl (C=O) groups is 1. The molecule has 1 N–H and O–H groups in total. The molecule has 3 rings (SSSR count). The first-order valence-electron chi connectivity index (χ1n) is 7.43. The van der Waals surface area contributed by atoms with Gasteiger partial charge in [-0.05, 0) is 43.5 Å². The first-order valence-corrected chi connectivity index (χ1v) is 7.43. The number of aromatic nitrogens is 1. The zero-order valence-electron chi connectivity index (χ0n) is 12.4. The maximum absolute atomic E-state index is 13.1. The van der Waals surface area contributed by atoms with Crippen LogP contribution in [0.2, 0.25) is 0 Å². The molecular weight excluding hydrogens is 295 g/mol. The molecule has 0 spiro atoms. The van der Waals surface area contributed by atoms with Crippen LogP contribution in [0.3, 0.4) is 0 Å². The standard InChI is InChI=1S/C18H15FN2O2/c19-15-4-1-3-13(11-15)7-8-14-9-10-17(21(23)12-14)18(22)20-16-5-2-6-16/h1,3-4,9-12,16H,2,5-6H2,(H,20,22). The van der Waals surface area contributed by atoms with E-state index < -0.39 is 0 Å². The Labute approximate surface area is 133 Å². The van der Waals surface area contributed by atoms with Crippen LogP contribution in [0.4, 0.5) is 4.39 Å². The predicted molar refractivity (Wildman–Crippen MR) is 82.9 cm³/mol. The highest BCUT2D eigenvalue weighted by Crippen LogP contribution is 2.18. The Balaban J connectivity index is 1.75. The predicted octanol–water partition coefficient (Wildman–Crippen LogP) is 2.14. The van der Waals surface area contributed by atoms with Gasteiger partial charge in [0.05, 0.1) is 5.56 Å². The molecule has 0 aliphatic heterocycles. The van der Waals surface area contributed by atoms with E-state index in [9.17, 15) is 14.4 Å². The van der Waals surface area contributed by atoms with E-state index >= 15 is 0 Å². The molecule has 0 radical (unpaired) electrons. The highest BCUT2D eigenvalue weighted by Gasteiger charge is 2.23. The Hall–Kier alpha value is -2.87. The van der Waals surface area contributed by atoms with Crippen LogP contribution >= 0.6 is 0 Å². The normalized spacial score (nSPS) is 13.6. The number of pyridine rings is 1. The van der Waals surface area contributed by atoms with Crippen LogP contribution in [0.25, 0.3) is 0 Å². The molecule has 4 nitrogen and oxygen atoms in total. The van der Waals surface area contributed by atoms with Gasteiger partial charge in [-0.1, -0.05) is 17.9 Å². The summed E-state index contributed by atoms with van der Waals surface area (Å²) < 4.78 is 13.6. The lowest BCUT2D eigenvalue weighted by molar-refractivity contribution is -0.607. The number of amides is 1. The molecule has 1 aromatic carbocycles. The fourth-order valence-electron chi connectivity index (χ4n) is 2.25. The molecule has 116 valence electrons. The van der Waals surface area contributed by atoms with Gasteiger partial charge in [0.1, 0.15) is 5.82 Å². The molecule has 1 aromatic heterocycles. The second-order valence-electron chi connectivity index (χ2n) is 5.49. The van der Waals surface area contributed by atoms with E-state index in [1.165, 1.54) is 24.4 Å². The van der Waals surface area contributed by atoms with Gasteiger partial charge in [-0.3, -0.25) is 4.79 Å². The Morgan fingerprint density at radius 2 is 2.00 bits per heavy atom. The molecule has 0 bridgehead atoms. The van der Waals surface area contributed by atoms with Crippen LogP contribution in [0.15, 0.2) is 42.6 Å². The van der Waals surface area contributed by atoms with E-state index in [-0.39, 0.29) is 23.5 Å². The van der Waals surface area contributed by atoms with Crippen molar-refractivity contribution in [2.45, 2.75) is 25.3 Å². The summed E-state index contributed by atoms with van der Waals surface area (Å²) in [6.07, 6.45) is 4.28. The average Bonchev–Trinajstić information content (AvgIpc) is 2.49. The van der Waals surface area contributed by atoms with Gasteiger partial charge in [-0.15, -0.1) is 0 Å². The maximum atomic E-state index is 13.1. The molecule has 1 fully saturated rings. The summed E-state index contributed by atoms with van der Waals surface area (Å²) in [7, 11) is 0. The molecule has 0 atom stereocenters. The summed E-state index contributed by atoms with van der Waals surface area (Å²) in [6.45, 7) is 0. The number of carbonyl (C=O) groups excluding carboxylic acids is 1. The third-order valence-electron chi connectivity index (χ3n) is 3.76. The number of hydrogen-bond donors (Lipinski definition) is 1. The largest absolute Gasteiger partial charge is 0.618 e. The molecule has 2 aromatic rings. The van der Waals surface area contributed by atoms with E-state index in [4.69, 9.17) is 0 Å². The van der Waals surface area contributed by atoms with Crippen molar-refractivity contribution in [1.29, 1.82) is 0 Å². The molecule has 5 heteroatoms. The van der Waals surface area contributed by atoms with Crippen LogP contribution in [0, 0.1) is 22.9 Å². The second kappa shape index (κ2) is 6.49. The number of halogens is 1. The average molecular weight is 310 g/mol. The zero-order chi connectivity index (χ0) is 16.2. The van der Waals surface area contributed by atoms with Crippen molar-refractivity contribution in [3.05, 3.63) is 70.4 Å². The molecule has 1 amide bonds. The van der Waals surface area contributed by atoms with E-state index in [1.807, 2.05) is 0 Å². The molecule has 1 saturated carbocycles. The van der Waals surface area contributed by atoms with E-state index in [2.05, 4.69) is 17.2 Å². The topological polar surface area (TPSA) is 56.0 Å². The zero-order valence-corrected chi connectivity index (χ0v) is 12.4. The van der Waals surface area contributed by atoms with Crippen molar-refractivity contribution in [3.63, 3.8) is 0 Å². The SMILES string of the molecule is O=C(NC1CCC1)c1ccc(C#Cc2cccc(F)c2)c[n+]1[O-]. The third kappa shape index (κ3) is 3.67. The Morgan fingerprint density at radius 1 is 1.22 bits per heavy atom. The minimum absolute atomic E-state index is 0.0493. The van der Waals surface area contributed by atoms with Gasteiger partial charge < -0.3 is 10.5 Å². The van der Waals surface area contributed by atoms with Crippen LogP contribution < -0.4 is 10.0 Å². The number of nitrogens with one attached hydrogen (secondary N) is 1.